The first-order valence-electron chi connectivity index (χ1n) is 10.5. The van der Waals surface area contributed by atoms with E-state index in [0.717, 1.165) is 24.2 Å². The molecule has 30 heavy (non-hydrogen) atoms. The van der Waals surface area contributed by atoms with Crippen LogP contribution in [0.25, 0.3) is 0 Å². The second-order valence-corrected chi connectivity index (χ2v) is 8.51. The van der Waals surface area contributed by atoms with Crippen LogP contribution >= 0.6 is 0 Å². The predicted octanol–water partition coefficient (Wildman–Crippen LogP) is 3.26. The number of carbonyl (C=O) groups is 2. The van der Waals surface area contributed by atoms with Gasteiger partial charge in [0.15, 0.2) is 0 Å². The standard InChI is InChI=1S/C24H29N3O3/c1-26(2)20-10-8-18(9-11-20)23(29)27-16-21(24(17-27)12-14-30-15-13-24)22(28)25-19-6-4-3-5-7-19/h3-11,21H,12-17H2,1-2H3,(H,25,28)/t21-/m0/s1. The Hall–Kier alpha value is -2.86. The average Bonchev–Trinajstić information content (AvgIpc) is 3.13. The Morgan fingerprint density at radius 2 is 1.70 bits per heavy atom. The average molecular weight is 408 g/mol. The number of hydrogen-bond donors (Lipinski definition) is 1. The number of rotatable bonds is 4. The normalized spacial score (nSPS) is 20.2. The van der Waals surface area contributed by atoms with Gasteiger partial charge in [-0.2, -0.15) is 0 Å². The number of carbonyl (C=O) groups excluding carboxylic acids is 2. The molecule has 0 unspecified atom stereocenters. The van der Waals surface area contributed by atoms with Crippen LogP contribution in [0.15, 0.2) is 54.6 Å². The minimum Gasteiger partial charge on any atom is -0.381 e. The molecule has 1 spiro atoms. The second-order valence-electron chi connectivity index (χ2n) is 8.51. The lowest BCUT2D eigenvalue weighted by Crippen LogP contribution is -2.42. The van der Waals surface area contributed by atoms with Gasteiger partial charge < -0.3 is 19.9 Å². The van der Waals surface area contributed by atoms with Crippen molar-refractivity contribution in [2.75, 3.05) is 50.6 Å². The van der Waals surface area contributed by atoms with Gasteiger partial charge in [-0.1, -0.05) is 18.2 Å². The summed E-state index contributed by atoms with van der Waals surface area (Å²) >= 11 is 0. The quantitative estimate of drug-likeness (QED) is 0.845. The fourth-order valence-electron chi connectivity index (χ4n) is 4.60. The Labute approximate surface area is 177 Å². The van der Waals surface area contributed by atoms with Crippen molar-refractivity contribution < 1.29 is 14.3 Å². The van der Waals surface area contributed by atoms with Crippen LogP contribution < -0.4 is 10.2 Å². The lowest BCUT2D eigenvalue weighted by Gasteiger charge is -2.37. The highest BCUT2D eigenvalue weighted by Gasteiger charge is 2.51. The lowest BCUT2D eigenvalue weighted by molar-refractivity contribution is -0.124. The first-order valence-corrected chi connectivity index (χ1v) is 10.5. The summed E-state index contributed by atoms with van der Waals surface area (Å²) in [7, 11) is 3.95. The van der Waals surface area contributed by atoms with Crippen molar-refractivity contribution in [2.24, 2.45) is 11.3 Å². The van der Waals surface area contributed by atoms with E-state index in [1.165, 1.54) is 0 Å². The molecule has 2 heterocycles. The number of ether oxygens (including phenoxy) is 1. The van der Waals surface area contributed by atoms with Crippen LogP contribution in [-0.2, 0) is 9.53 Å². The van der Waals surface area contributed by atoms with Crippen LogP contribution in [0.5, 0.6) is 0 Å². The van der Waals surface area contributed by atoms with E-state index >= 15 is 0 Å². The maximum absolute atomic E-state index is 13.2. The summed E-state index contributed by atoms with van der Waals surface area (Å²) in [4.78, 5) is 30.3. The number of nitrogens with zero attached hydrogens (tertiary/aromatic N) is 2. The van der Waals surface area contributed by atoms with Crippen LogP contribution in [0.1, 0.15) is 23.2 Å². The largest absolute Gasteiger partial charge is 0.381 e. The number of amides is 2. The first-order chi connectivity index (χ1) is 14.5. The Morgan fingerprint density at radius 3 is 2.33 bits per heavy atom. The molecule has 2 aliphatic rings. The summed E-state index contributed by atoms with van der Waals surface area (Å²) in [6.07, 6.45) is 1.59. The highest BCUT2D eigenvalue weighted by Crippen LogP contribution is 2.45. The summed E-state index contributed by atoms with van der Waals surface area (Å²) in [6, 6.07) is 17.1. The third-order valence-electron chi connectivity index (χ3n) is 6.41. The van der Waals surface area contributed by atoms with E-state index in [-0.39, 0.29) is 23.1 Å². The lowest BCUT2D eigenvalue weighted by atomic mass is 9.71. The highest BCUT2D eigenvalue weighted by atomic mass is 16.5. The molecule has 0 aromatic heterocycles. The molecule has 2 aromatic carbocycles. The van der Waals surface area contributed by atoms with Gasteiger partial charge in [-0.15, -0.1) is 0 Å². The zero-order valence-electron chi connectivity index (χ0n) is 17.6. The van der Waals surface area contributed by atoms with Gasteiger partial charge in [-0.3, -0.25) is 9.59 Å². The molecular weight excluding hydrogens is 378 g/mol. The third kappa shape index (κ3) is 4.05. The van der Waals surface area contributed by atoms with Crippen molar-refractivity contribution in [1.82, 2.24) is 4.90 Å². The Kier molecular flexibility index (Phi) is 5.77. The molecule has 158 valence electrons. The van der Waals surface area contributed by atoms with Crippen molar-refractivity contribution in [1.29, 1.82) is 0 Å². The number of benzene rings is 2. The number of nitrogens with one attached hydrogen (secondary N) is 1. The summed E-state index contributed by atoms with van der Waals surface area (Å²) in [6.45, 7) is 2.30. The molecule has 0 radical (unpaired) electrons. The van der Waals surface area contributed by atoms with Gasteiger partial charge in [-0.05, 0) is 49.2 Å². The minimum atomic E-state index is -0.244. The molecule has 2 amide bonds. The number of likely N-dealkylation sites (tertiary alicyclic amines) is 1. The van der Waals surface area contributed by atoms with Crippen molar-refractivity contribution in [3.8, 4) is 0 Å². The first kappa shape index (κ1) is 20.4. The molecule has 0 bridgehead atoms. The van der Waals surface area contributed by atoms with Gasteiger partial charge in [0.25, 0.3) is 5.91 Å². The van der Waals surface area contributed by atoms with Gasteiger partial charge >= 0.3 is 0 Å². The van der Waals surface area contributed by atoms with Gasteiger partial charge in [0, 0.05) is 62.8 Å². The number of para-hydroxylation sites is 1. The van der Waals surface area contributed by atoms with Gasteiger partial charge in [-0.25, -0.2) is 0 Å². The smallest absolute Gasteiger partial charge is 0.253 e. The maximum atomic E-state index is 13.2. The van der Waals surface area contributed by atoms with E-state index < -0.39 is 0 Å². The summed E-state index contributed by atoms with van der Waals surface area (Å²) in [5.74, 6) is -0.269. The van der Waals surface area contributed by atoms with E-state index in [0.29, 0.717) is 31.9 Å². The molecule has 1 atom stereocenters. The molecule has 2 aromatic rings. The van der Waals surface area contributed by atoms with Gasteiger partial charge in [0.1, 0.15) is 0 Å². The SMILES string of the molecule is CN(C)c1ccc(C(=O)N2C[C@@H](C(=O)Nc3ccccc3)C3(CCOCC3)C2)cc1. The zero-order chi connectivity index (χ0) is 21.1. The van der Waals surface area contributed by atoms with Gasteiger partial charge in [0.2, 0.25) is 5.91 Å². The molecule has 2 fully saturated rings. The van der Waals surface area contributed by atoms with E-state index in [1.54, 1.807) is 0 Å². The van der Waals surface area contributed by atoms with Crippen LogP contribution in [0, 0.1) is 11.3 Å². The fourth-order valence-corrected chi connectivity index (χ4v) is 4.60. The highest BCUT2D eigenvalue weighted by molar-refractivity contribution is 5.97. The van der Waals surface area contributed by atoms with Crippen molar-refractivity contribution in [2.45, 2.75) is 12.8 Å². The molecule has 2 aliphatic heterocycles. The molecule has 2 saturated heterocycles. The fraction of sp³-hybridized carbons (Fsp3) is 0.417. The third-order valence-corrected chi connectivity index (χ3v) is 6.41. The number of hydrogen-bond acceptors (Lipinski definition) is 4. The van der Waals surface area contributed by atoms with Crippen LogP contribution in [0.2, 0.25) is 0 Å². The van der Waals surface area contributed by atoms with Crippen LogP contribution in [0.4, 0.5) is 11.4 Å². The number of anilines is 2. The van der Waals surface area contributed by atoms with E-state index in [4.69, 9.17) is 4.74 Å². The van der Waals surface area contributed by atoms with E-state index in [1.807, 2.05) is 78.5 Å². The minimum absolute atomic E-state index is 0.0126. The summed E-state index contributed by atoms with van der Waals surface area (Å²) in [5.41, 5.74) is 2.27. The molecule has 0 saturated carbocycles. The molecule has 6 nitrogen and oxygen atoms in total. The van der Waals surface area contributed by atoms with Crippen molar-refractivity contribution >= 4 is 23.2 Å². The van der Waals surface area contributed by atoms with Crippen LogP contribution in [0.3, 0.4) is 0 Å². The van der Waals surface area contributed by atoms with Crippen LogP contribution in [-0.4, -0.2) is 57.1 Å². The molecule has 6 heteroatoms. The van der Waals surface area contributed by atoms with Gasteiger partial charge in [0.05, 0.1) is 5.92 Å². The van der Waals surface area contributed by atoms with Crippen molar-refractivity contribution in [3.63, 3.8) is 0 Å². The summed E-state index contributed by atoms with van der Waals surface area (Å²) in [5, 5.41) is 3.05. The predicted molar refractivity (Wildman–Crippen MR) is 118 cm³/mol. The second kappa shape index (κ2) is 8.48. The van der Waals surface area contributed by atoms with E-state index in [9.17, 15) is 9.59 Å². The zero-order valence-corrected chi connectivity index (χ0v) is 17.6. The molecular formula is C24H29N3O3. The maximum Gasteiger partial charge on any atom is 0.253 e. The Morgan fingerprint density at radius 1 is 1.03 bits per heavy atom. The monoisotopic (exact) mass is 407 g/mol. The molecule has 1 N–H and O–H groups in total. The van der Waals surface area contributed by atoms with Crippen molar-refractivity contribution in [3.05, 3.63) is 60.2 Å². The Bertz CT molecular complexity index is 890. The molecule has 0 aliphatic carbocycles. The molecule has 4 rings (SSSR count). The van der Waals surface area contributed by atoms with E-state index in [2.05, 4.69) is 5.32 Å². The topological polar surface area (TPSA) is 61.9 Å². The summed E-state index contributed by atoms with van der Waals surface area (Å²) < 4.78 is 5.58. The Balaban J connectivity index is 1.54.